The van der Waals surface area contributed by atoms with Crippen LogP contribution in [0.1, 0.15) is 5.56 Å². The van der Waals surface area contributed by atoms with E-state index in [4.69, 9.17) is 5.11 Å². The van der Waals surface area contributed by atoms with Crippen LogP contribution in [0, 0.1) is 0 Å². The summed E-state index contributed by atoms with van der Waals surface area (Å²) in [6, 6.07) is 7.34. The van der Waals surface area contributed by atoms with E-state index in [2.05, 4.69) is 11.6 Å². The molecule has 2 aromatic rings. The molecule has 0 radical (unpaired) electrons. The average Bonchev–Trinajstić information content (AvgIpc) is 2.62. The Morgan fingerprint density at radius 2 is 2.14 bits per heavy atom. The van der Waals surface area contributed by atoms with Crippen LogP contribution in [0.5, 0.6) is 0 Å². The van der Waals surface area contributed by atoms with E-state index in [-0.39, 0.29) is 5.57 Å². The van der Waals surface area contributed by atoms with Gasteiger partial charge in [0.2, 0.25) is 0 Å². The molecule has 0 fully saturated rings. The summed E-state index contributed by atoms with van der Waals surface area (Å²) in [6.45, 7) is 3.50. The number of H-pyrrole nitrogens is 1. The molecule has 1 aromatic carbocycles. The Hall–Kier alpha value is -2.03. The van der Waals surface area contributed by atoms with Gasteiger partial charge in [0.05, 0.1) is 5.57 Å². The number of aliphatic carboxylic acids is 1. The number of hydrogen-bond acceptors (Lipinski definition) is 1. The number of hydrogen-bond donors (Lipinski definition) is 2. The number of carbonyl (C=O) groups is 1. The molecule has 0 saturated heterocycles. The van der Waals surface area contributed by atoms with Crippen LogP contribution >= 0.6 is 0 Å². The predicted octanol–water partition coefficient (Wildman–Crippen LogP) is 2.27. The van der Waals surface area contributed by atoms with Crippen molar-refractivity contribution in [2.75, 3.05) is 0 Å². The summed E-state index contributed by atoms with van der Waals surface area (Å²) >= 11 is 0. The third-order valence-corrected chi connectivity index (χ3v) is 2.16. The third-order valence-electron chi connectivity index (χ3n) is 2.16. The fraction of sp³-hybridized carbons (Fsp3) is 0. The minimum absolute atomic E-state index is 0.113. The highest BCUT2D eigenvalue weighted by Gasteiger charge is 2.07. The second kappa shape index (κ2) is 3.03. The summed E-state index contributed by atoms with van der Waals surface area (Å²) in [4.78, 5) is 13.7. The Labute approximate surface area is 80.7 Å². The van der Waals surface area contributed by atoms with Crippen LogP contribution in [-0.2, 0) is 4.79 Å². The van der Waals surface area contributed by atoms with Gasteiger partial charge in [-0.2, -0.15) is 0 Å². The summed E-state index contributed by atoms with van der Waals surface area (Å²) in [6.07, 6.45) is 1.82. The molecular weight excluding hydrogens is 178 g/mol. The Morgan fingerprint density at radius 3 is 2.86 bits per heavy atom. The van der Waals surface area contributed by atoms with Gasteiger partial charge in [0.15, 0.2) is 0 Å². The standard InChI is InChI=1S/C11H9NO2/c1-7(11(13)14)9-3-2-8-4-5-12-10(8)6-9/h2-6,12H,1H2,(H,13,14). The van der Waals surface area contributed by atoms with Gasteiger partial charge in [0.25, 0.3) is 0 Å². The van der Waals surface area contributed by atoms with Crippen LogP contribution in [-0.4, -0.2) is 16.1 Å². The van der Waals surface area contributed by atoms with E-state index >= 15 is 0 Å². The van der Waals surface area contributed by atoms with Gasteiger partial charge < -0.3 is 10.1 Å². The first-order chi connectivity index (χ1) is 6.68. The molecule has 2 rings (SSSR count). The SMILES string of the molecule is C=C(C(=O)O)c1ccc2cc[nH]c2c1. The zero-order chi connectivity index (χ0) is 10.1. The fourth-order valence-corrected chi connectivity index (χ4v) is 1.36. The van der Waals surface area contributed by atoms with Crippen LogP contribution in [0.3, 0.4) is 0 Å². The molecule has 0 bridgehead atoms. The lowest BCUT2D eigenvalue weighted by Crippen LogP contribution is -1.97. The van der Waals surface area contributed by atoms with Crippen LogP contribution in [0.2, 0.25) is 0 Å². The van der Waals surface area contributed by atoms with Gasteiger partial charge in [0.1, 0.15) is 0 Å². The third kappa shape index (κ3) is 1.29. The summed E-state index contributed by atoms with van der Waals surface area (Å²) < 4.78 is 0. The summed E-state index contributed by atoms with van der Waals surface area (Å²) in [7, 11) is 0. The molecule has 0 spiro atoms. The van der Waals surface area contributed by atoms with E-state index in [1.54, 1.807) is 12.1 Å². The first-order valence-electron chi connectivity index (χ1n) is 4.18. The predicted molar refractivity (Wildman–Crippen MR) is 55.0 cm³/mol. The number of carboxylic acids is 1. The van der Waals surface area contributed by atoms with Gasteiger partial charge in [-0.25, -0.2) is 4.79 Å². The van der Waals surface area contributed by atoms with Crippen molar-refractivity contribution in [1.82, 2.24) is 4.98 Å². The van der Waals surface area contributed by atoms with Gasteiger partial charge in [-0.05, 0) is 23.1 Å². The molecule has 70 valence electrons. The summed E-state index contributed by atoms with van der Waals surface area (Å²) in [5, 5.41) is 9.81. The van der Waals surface area contributed by atoms with Crippen molar-refractivity contribution in [3.05, 3.63) is 42.6 Å². The lowest BCUT2D eigenvalue weighted by molar-refractivity contribution is -0.130. The minimum atomic E-state index is -0.990. The van der Waals surface area contributed by atoms with Gasteiger partial charge in [-0.3, -0.25) is 0 Å². The molecule has 0 unspecified atom stereocenters. The largest absolute Gasteiger partial charge is 0.478 e. The molecule has 14 heavy (non-hydrogen) atoms. The number of nitrogens with one attached hydrogen (secondary N) is 1. The van der Waals surface area contributed by atoms with Crippen molar-refractivity contribution in [1.29, 1.82) is 0 Å². The molecule has 0 aliphatic carbocycles. The molecule has 3 nitrogen and oxygen atoms in total. The van der Waals surface area contributed by atoms with Crippen LogP contribution in [0.25, 0.3) is 16.5 Å². The summed E-state index contributed by atoms with van der Waals surface area (Å²) in [5.74, 6) is -0.990. The molecule has 1 aromatic heterocycles. The minimum Gasteiger partial charge on any atom is -0.478 e. The van der Waals surface area contributed by atoms with E-state index in [1.807, 2.05) is 18.3 Å². The maximum atomic E-state index is 10.7. The van der Waals surface area contributed by atoms with E-state index < -0.39 is 5.97 Å². The highest BCUT2D eigenvalue weighted by Crippen LogP contribution is 2.19. The molecule has 1 heterocycles. The second-order valence-corrected chi connectivity index (χ2v) is 3.06. The fourth-order valence-electron chi connectivity index (χ4n) is 1.36. The lowest BCUT2D eigenvalue weighted by Gasteiger charge is -2.00. The second-order valence-electron chi connectivity index (χ2n) is 3.06. The quantitative estimate of drug-likeness (QED) is 0.708. The van der Waals surface area contributed by atoms with Crippen molar-refractivity contribution < 1.29 is 9.90 Å². The number of rotatable bonds is 2. The van der Waals surface area contributed by atoms with Gasteiger partial charge >= 0.3 is 5.97 Å². The van der Waals surface area contributed by atoms with Crippen molar-refractivity contribution in [2.45, 2.75) is 0 Å². The summed E-state index contributed by atoms with van der Waals surface area (Å²) in [5.41, 5.74) is 1.67. The Morgan fingerprint density at radius 1 is 1.36 bits per heavy atom. The van der Waals surface area contributed by atoms with Crippen molar-refractivity contribution in [3.63, 3.8) is 0 Å². The van der Waals surface area contributed by atoms with E-state index in [0.29, 0.717) is 5.56 Å². The maximum Gasteiger partial charge on any atom is 0.335 e. The van der Waals surface area contributed by atoms with Crippen LogP contribution in [0.15, 0.2) is 37.0 Å². The van der Waals surface area contributed by atoms with E-state index in [1.165, 1.54) is 0 Å². The molecule has 0 aliphatic heterocycles. The Balaban J connectivity index is 2.54. The highest BCUT2D eigenvalue weighted by atomic mass is 16.4. The van der Waals surface area contributed by atoms with Gasteiger partial charge in [0, 0.05) is 11.7 Å². The van der Waals surface area contributed by atoms with Gasteiger partial charge in [-0.1, -0.05) is 18.7 Å². The van der Waals surface area contributed by atoms with E-state index in [9.17, 15) is 4.79 Å². The number of aromatic nitrogens is 1. The Bertz CT molecular complexity index is 511. The first-order valence-corrected chi connectivity index (χ1v) is 4.18. The molecule has 0 amide bonds. The number of benzene rings is 1. The normalized spacial score (nSPS) is 10.3. The lowest BCUT2D eigenvalue weighted by atomic mass is 10.1. The Kier molecular flexibility index (Phi) is 1.85. The van der Waals surface area contributed by atoms with Crippen molar-refractivity contribution in [3.8, 4) is 0 Å². The van der Waals surface area contributed by atoms with Crippen molar-refractivity contribution in [2.24, 2.45) is 0 Å². The monoisotopic (exact) mass is 187 g/mol. The van der Waals surface area contributed by atoms with Crippen molar-refractivity contribution >= 4 is 22.4 Å². The van der Waals surface area contributed by atoms with E-state index in [0.717, 1.165) is 10.9 Å². The molecule has 0 aliphatic rings. The molecule has 0 saturated carbocycles. The maximum absolute atomic E-state index is 10.7. The van der Waals surface area contributed by atoms with Gasteiger partial charge in [-0.15, -0.1) is 0 Å². The zero-order valence-corrected chi connectivity index (χ0v) is 7.45. The highest BCUT2D eigenvalue weighted by molar-refractivity contribution is 6.15. The average molecular weight is 187 g/mol. The first kappa shape index (κ1) is 8.56. The number of aromatic amines is 1. The molecule has 2 N–H and O–H groups in total. The smallest absolute Gasteiger partial charge is 0.335 e. The van der Waals surface area contributed by atoms with Crippen LogP contribution < -0.4 is 0 Å². The molecule has 0 atom stereocenters. The number of fused-ring (bicyclic) bond motifs is 1. The topological polar surface area (TPSA) is 53.1 Å². The zero-order valence-electron chi connectivity index (χ0n) is 7.45. The molecular formula is C11H9NO2. The number of carboxylic acid groups (broad SMARTS) is 1. The van der Waals surface area contributed by atoms with Crippen LogP contribution in [0.4, 0.5) is 0 Å². The molecule has 3 heteroatoms.